The van der Waals surface area contributed by atoms with Crippen LogP contribution in [0.3, 0.4) is 0 Å². The molecule has 0 aliphatic carbocycles. The largest absolute Gasteiger partial charge is 0.284 e. The highest BCUT2D eigenvalue weighted by Gasteiger charge is 2.29. The smallest absolute Gasteiger partial charge is 0.265 e. The van der Waals surface area contributed by atoms with Crippen LogP contribution in [0.25, 0.3) is 0 Å². The Morgan fingerprint density at radius 2 is 2.19 bits per heavy atom. The molecular weight excluding hydrogens is 250 g/mol. The van der Waals surface area contributed by atoms with Crippen LogP contribution >= 0.6 is 11.6 Å². The van der Waals surface area contributed by atoms with Crippen LogP contribution in [0.15, 0.2) is 23.1 Å². The number of hydrogen-bond acceptors (Lipinski definition) is 3. The highest BCUT2D eigenvalue weighted by Crippen LogP contribution is 2.24. The van der Waals surface area contributed by atoms with E-state index in [0.717, 1.165) is 10.9 Å². The van der Waals surface area contributed by atoms with E-state index in [0.29, 0.717) is 23.7 Å². The molecule has 88 valence electrons. The fourth-order valence-electron chi connectivity index (χ4n) is 1.63. The summed E-state index contributed by atoms with van der Waals surface area (Å²) in [7, 11) is -3.53. The summed E-state index contributed by atoms with van der Waals surface area (Å²) in [5, 5.41) is 0.527. The minimum absolute atomic E-state index is 0.249. The average Bonchev–Trinajstić information content (AvgIpc) is 2.69. The summed E-state index contributed by atoms with van der Waals surface area (Å²) in [5.74, 6) is 0. The zero-order chi connectivity index (χ0) is 11.8. The van der Waals surface area contributed by atoms with E-state index in [1.54, 1.807) is 19.1 Å². The molecule has 6 heteroatoms. The van der Waals surface area contributed by atoms with E-state index in [9.17, 15) is 8.42 Å². The molecule has 1 heterocycles. The molecule has 1 aromatic carbocycles. The number of sulfonamides is 1. The molecule has 1 saturated heterocycles. The van der Waals surface area contributed by atoms with Crippen LogP contribution in [0.2, 0.25) is 5.02 Å². The van der Waals surface area contributed by atoms with Gasteiger partial charge in [-0.1, -0.05) is 16.1 Å². The summed E-state index contributed by atoms with van der Waals surface area (Å²) in [6.45, 7) is 2.57. The lowest BCUT2D eigenvalue weighted by Crippen LogP contribution is -2.27. The first-order chi connectivity index (χ1) is 7.51. The van der Waals surface area contributed by atoms with Gasteiger partial charge in [-0.15, -0.1) is 0 Å². The molecular formula is C10H12ClNO3S. The highest BCUT2D eigenvalue weighted by atomic mass is 35.5. The molecule has 1 aliphatic heterocycles. The maximum absolute atomic E-state index is 12.1. The van der Waals surface area contributed by atoms with Crippen LogP contribution < -0.4 is 0 Å². The number of halogens is 1. The van der Waals surface area contributed by atoms with E-state index in [2.05, 4.69) is 0 Å². The molecule has 16 heavy (non-hydrogen) atoms. The summed E-state index contributed by atoms with van der Waals surface area (Å²) in [6, 6.07) is 4.71. The maximum Gasteiger partial charge on any atom is 0.265 e. The second-order valence-corrected chi connectivity index (χ2v) is 5.86. The lowest BCUT2D eigenvalue weighted by molar-refractivity contribution is -0.0284. The van der Waals surface area contributed by atoms with Crippen LogP contribution in [-0.4, -0.2) is 26.0 Å². The Morgan fingerprint density at radius 1 is 1.44 bits per heavy atom. The van der Waals surface area contributed by atoms with E-state index in [1.807, 2.05) is 0 Å². The second kappa shape index (κ2) is 4.33. The van der Waals surface area contributed by atoms with E-state index in [4.69, 9.17) is 16.4 Å². The van der Waals surface area contributed by atoms with E-state index in [-0.39, 0.29) is 4.90 Å². The third-order valence-electron chi connectivity index (χ3n) is 2.40. The molecule has 2 rings (SSSR count). The SMILES string of the molecule is Cc1cc(Cl)ccc1S(=O)(=O)N1CCCO1. The van der Waals surface area contributed by atoms with Crippen molar-refractivity contribution in [2.24, 2.45) is 0 Å². The van der Waals surface area contributed by atoms with Crippen LogP contribution in [-0.2, 0) is 14.9 Å². The summed E-state index contributed by atoms with van der Waals surface area (Å²) < 4.78 is 25.3. The average molecular weight is 262 g/mol. The van der Waals surface area contributed by atoms with E-state index < -0.39 is 10.0 Å². The van der Waals surface area contributed by atoms with Crippen molar-refractivity contribution >= 4 is 21.6 Å². The van der Waals surface area contributed by atoms with Crippen LogP contribution in [0, 0.1) is 6.92 Å². The van der Waals surface area contributed by atoms with Crippen LogP contribution in [0.4, 0.5) is 0 Å². The minimum Gasteiger partial charge on any atom is -0.284 e. The molecule has 0 saturated carbocycles. The fourth-order valence-corrected chi connectivity index (χ4v) is 3.36. The molecule has 1 aliphatic rings. The minimum atomic E-state index is -3.53. The summed E-state index contributed by atoms with van der Waals surface area (Å²) in [5.41, 5.74) is 0.628. The van der Waals surface area contributed by atoms with Gasteiger partial charge in [0.2, 0.25) is 0 Å². The van der Waals surface area contributed by atoms with Crippen molar-refractivity contribution in [2.75, 3.05) is 13.2 Å². The quantitative estimate of drug-likeness (QED) is 0.818. The first kappa shape index (κ1) is 11.9. The van der Waals surface area contributed by atoms with Gasteiger partial charge in [0, 0.05) is 11.6 Å². The Hall–Kier alpha value is -0.620. The van der Waals surface area contributed by atoms with Crippen molar-refractivity contribution in [1.29, 1.82) is 0 Å². The Balaban J connectivity index is 2.42. The van der Waals surface area contributed by atoms with Gasteiger partial charge in [0.15, 0.2) is 0 Å². The predicted molar refractivity (Wildman–Crippen MR) is 60.6 cm³/mol. The molecule has 1 fully saturated rings. The Morgan fingerprint density at radius 3 is 2.75 bits per heavy atom. The molecule has 0 amide bonds. The van der Waals surface area contributed by atoms with Gasteiger partial charge in [0.1, 0.15) is 0 Å². The van der Waals surface area contributed by atoms with Gasteiger partial charge in [-0.2, -0.15) is 0 Å². The van der Waals surface area contributed by atoms with Crippen molar-refractivity contribution in [3.05, 3.63) is 28.8 Å². The Bertz CT molecular complexity index is 495. The van der Waals surface area contributed by atoms with Gasteiger partial charge in [-0.25, -0.2) is 8.42 Å². The summed E-state index contributed by atoms with van der Waals surface area (Å²) >= 11 is 5.79. The molecule has 4 nitrogen and oxygen atoms in total. The van der Waals surface area contributed by atoms with Crippen molar-refractivity contribution < 1.29 is 13.3 Å². The normalized spacial score (nSPS) is 17.9. The lowest BCUT2D eigenvalue weighted by atomic mass is 10.2. The first-order valence-electron chi connectivity index (χ1n) is 4.93. The maximum atomic E-state index is 12.1. The third-order valence-corrected chi connectivity index (χ3v) is 4.48. The second-order valence-electron chi connectivity index (χ2n) is 3.63. The zero-order valence-corrected chi connectivity index (χ0v) is 10.4. The molecule has 0 bridgehead atoms. The number of benzene rings is 1. The van der Waals surface area contributed by atoms with Crippen molar-refractivity contribution in [3.8, 4) is 0 Å². The predicted octanol–water partition coefficient (Wildman–Crippen LogP) is 1.97. The number of hydrogen-bond donors (Lipinski definition) is 0. The van der Waals surface area contributed by atoms with Gasteiger partial charge < -0.3 is 0 Å². The van der Waals surface area contributed by atoms with Crippen LogP contribution in [0.1, 0.15) is 12.0 Å². The number of rotatable bonds is 2. The van der Waals surface area contributed by atoms with Gasteiger partial charge in [0.05, 0.1) is 11.5 Å². The van der Waals surface area contributed by atoms with Gasteiger partial charge in [-0.3, -0.25) is 4.84 Å². The topological polar surface area (TPSA) is 46.6 Å². The lowest BCUT2D eigenvalue weighted by Gasteiger charge is -2.15. The summed E-state index contributed by atoms with van der Waals surface area (Å²) in [6.07, 6.45) is 0.728. The van der Waals surface area contributed by atoms with Gasteiger partial charge >= 0.3 is 0 Å². The molecule has 0 radical (unpaired) electrons. The fraction of sp³-hybridized carbons (Fsp3) is 0.400. The molecule has 0 spiro atoms. The van der Waals surface area contributed by atoms with E-state index >= 15 is 0 Å². The zero-order valence-electron chi connectivity index (χ0n) is 8.81. The van der Waals surface area contributed by atoms with Crippen molar-refractivity contribution in [2.45, 2.75) is 18.2 Å². The third kappa shape index (κ3) is 2.08. The van der Waals surface area contributed by atoms with Crippen LogP contribution in [0.5, 0.6) is 0 Å². The molecule has 0 aromatic heterocycles. The van der Waals surface area contributed by atoms with Gasteiger partial charge in [-0.05, 0) is 37.1 Å². The van der Waals surface area contributed by atoms with E-state index in [1.165, 1.54) is 6.07 Å². The van der Waals surface area contributed by atoms with Gasteiger partial charge in [0.25, 0.3) is 10.0 Å². The standard InChI is InChI=1S/C10H12ClNO3S/c1-8-7-9(11)3-4-10(8)16(13,14)12-5-2-6-15-12/h3-4,7H,2,5-6H2,1H3. The van der Waals surface area contributed by atoms with Crippen molar-refractivity contribution in [1.82, 2.24) is 4.47 Å². The number of hydroxylamine groups is 1. The molecule has 0 unspecified atom stereocenters. The molecule has 1 aromatic rings. The first-order valence-corrected chi connectivity index (χ1v) is 6.75. The monoisotopic (exact) mass is 261 g/mol. The summed E-state index contributed by atoms with van der Waals surface area (Å²) in [4.78, 5) is 5.32. The molecule has 0 atom stereocenters. The Kier molecular flexibility index (Phi) is 3.21. The number of aryl methyl sites for hydroxylation is 1. The number of nitrogens with zero attached hydrogens (tertiary/aromatic N) is 1. The molecule has 0 N–H and O–H groups in total. The van der Waals surface area contributed by atoms with Crippen molar-refractivity contribution in [3.63, 3.8) is 0 Å². The Labute approximate surface area is 99.8 Å². The highest BCUT2D eigenvalue weighted by molar-refractivity contribution is 7.89.